The van der Waals surface area contributed by atoms with E-state index in [-0.39, 0.29) is 17.2 Å². The summed E-state index contributed by atoms with van der Waals surface area (Å²) >= 11 is 0. The van der Waals surface area contributed by atoms with Crippen LogP contribution < -0.4 is 14.8 Å². The van der Waals surface area contributed by atoms with Gasteiger partial charge in [-0.25, -0.2) is 17.9 Å². The third kappa shape index (κ3) is 5.19. The first-order chi connectivity index (χ1) is 10.1. The molecule has 0 aromatic heterocycles. The molecule has 0 aliphatic rings. The fourth-order valence-corrected chi connectivity index (χ4v) is 3.14. The Morgan fingerprint density at radius 1 is 1.27 bits per heavy atom. The topological polar surface area (TPSA) is 93.7 Å². The van der Waals surface area contributed by atoms with E-state index in [2.05, 4.69) is 10.0 Å². The van der Waals surface area contributed by atoms with Crippen LogP contribution in [0.1, 0.15) is 27.7 Å². The molecule has 0 fully saturated rings. The minimum absolute atomic E-state index is 0.0232. The van der Waals surface area contributed by atoms with Gasteiger partial charge >= 0.3 is 6.09 Å². The quantitative estimate of drug-likeness (QED) is 0.864. The number of carbonyl (C=O) groups is 1. The second kappa shape index (κ2) is 6.97. The number of ether oxygens (including phenoxy) is 2. The SMILES string of the molecule is CCOC(=O)Nc1cc(S(=O)(=O)NC(C)(C)C)ccc1OC. The third-order valence-corrected chi connectivity index (χ3v) is 4.19. The summed E-state index contributed by atoms with van der Waals surface area (Å²) in [5.74, 6) is 0.336. The summed E-state index contributed by atoms with van der Waals surface area (Å²) in [6.45, 7) is 7.10. The summed E-state index contributed by atoms with van der Waals surface area (Å²) < 4.78 is 37.1. The van der Waals surface area contributed by atoms with Gasteiger partial charge < -0.3 is 9.47 Å². The summed E-state index contributed by atoms with van der Waals surface area (Å²) in [5.41, 5.74) is -0.397. The molecule has 1 aromatic rings. The average Bonchev–Trinajstić information content (AvgIpc) is 2.36. The van der Waals surface area contributed by atoms with Crippen LogP contribution >= 0.6 is 0 Å². The predicted octanol–water partition coefficient (Wildman–Crippen LogP) is 2.34. The van der Waals surface area contributed by atoms with Crippen LogP contribution in [0.25, 0.3) is 0 Å². The van der Waals surface area contributed by atoms with Crippen LogP contribution in [0.3, 0.4) is 0 Å². The Morgan fingerprint density at radius 3 is 2.41 bits per heavy atom. The minimum atomic E-state index is -3.71. The van der Waals surface area contributed by atoms with Gasteiger partial charge in [-0.3, -0.25) is 5.32 Å². The van der Waals surface area contributed by atoms with E-state index in [0.717, 1.165) is 0 Å². The van der Waals surface area contributed by atoms with Crippen molar-refractivity contribution in [1.82, 2.24) is 4.72 Å². The van der Waals surface area contributed by atoms with Gasteiger partial charge in [0.05, 0.1) is 24.3 Å². The fraction of sp³-hybridized carbons (Fsp3) is 0.500. The normalized spacial score (nSPS) is 11.9. The van der Waals surface area contributed by atoms with Gasteiger partial charge in [0, 0.05) is 5.54 Å². The minimum Gasteiger partial charge on any atom is -0.495 e. The maximum Gasteiger partial charge on any atom is 0.411 e. The van der Waals surface area contributed by atoms with Crippen molar-refractivity contribution in [1.29, 1.82) is 0 Å². The number of carbonyl (C=O) groups excluding carboxylic acids is 1. The van der Waals surface area contributed by atoms with Gasteiger partial charge in [0.25, 0.3) is 0 Å². The third-order valence-electron chi connectivity index (χ3n) is 2.43. The molecule has 8 heteroatoms. The van der Waals surface area contributed by atoms with Crippen LogP contribution in [-0.2, 0) is 14.8 Å². The molecule has 22 heavy (non-hydrogen) atoms. The number of nitrogens with one attached hydrogen (secondary N) is 2. The molecule has 0 atom stereocenters. The number of rotatable bonds is 5. The van der Waals surface area contributed by atoms with E-state index in [4.69, 9.17) is 9.47 Å². The number of anilines is 1. The molecular weight excluding hydrogens is 308 g/mol. The molecule has 124 valence electrons. The molecule has 0 aliphatic heterocycles. The second-order valence-electron chi connectivity index (χ2n) is 5.56. The maximum atomic E-state index is 12.3. The van der Waals surface area contributed by atoms with Crippen LogP contribution in [0, 0.1) is 0 Å². The van der Waals surface area contributed by atoms with Gasteiger partial charge in [0.15, 0.2) is 0 Å². The highest BCUT2D eigenvalue weighted by Gasteiger charge is 2.23. The van der Waals surface area contributed by atoms with Crippen LogP contribution in [-0.4, -0.2) is 33.8 Å². The van der Waals surface area contributed by atoms with Crippen molar-refractivity contribution >= 4 is 21.8 Å². The Bertz CT molecular complexity index is 635. The maximum absolute atomic E-state index is 12.3. The first kappa shape index (κ1) is 18.2. The van der Waals surface area contributed by atoms with Gasteiger partial charge in [-0.2, -0.15) is 0 Å². The van der Waals surface area contributed by atoms with Gasteiger partial charge in [0.1, 0.15) is 5.75 Å². The van der Waals surface area contributed by atoms with Gasteiger partial charge in [-0.1, -0.05) is 0 Å². The fourth-order valence-electron chi connectivity index (χ4n) is 1.69. The molecule has 0 radical (unpaired) electrons. The zero-order chi connectivity index (χ0) is 17.0. The summed E-state index contributed by atoms with van der Waals surface area (Å²) in [7, 11) is -2.29. The van der Waals surface area contributed by atoms with Gasteiger partial charge in [-0.15, -0.1) is 0 Å². The van der Waals surface area contributed by atoms with Crippen molar-refractivity contribution in [2.45, 2.75) is 38.1 Å². The summed E-state index contributed by atoms with van der Waals surface area (Å²) in [4.78, 5) is 11.5. The lowest BCUT2D eigenvalue weighted by molar-refractivity contribution is 0.168. The first-order valence-corrected chi connectivity index (χ1v) is 8.23. The Balaban J connectivity index is 3.16. The molecule has 7 nitrogen and oxygen atoms in total. The van der Waals surface area contributed by atoms with Crippen molar-refractivity contribution in [3.8, 4) is 5.75 Å². The Kier molecular flexibility index (Phi) is 5.78. The van der Waals surface area contributed by atoms with E-state index in [1.54, 1.807) is 27.7 Å². The summed E-state index contributed by atoms with van der Waals surface area (Å²) in [6.07, 6.45) is -0.681. The second-order valence-corrected chi connectivity index (χ2v) is 7.25. The van der Waals surface area contributed by atoms with E-state index in [9.17, 15) is 13.2 Å². The molecule has 1 aromatic carbocycles. The van der Waals surface area contributed by atoms with E-state index in [1.165, 1.54) is 25.3 Å². The lowest BCUT2D eigenvalue weighted by atomic mass is 10.1. The smallest absolute Gasteiger partial charge is 0.411 e. The highest BCUT2D eigenvalue weighted by atomic mass is 32.2. The average molecular weight is 330 g/mol. The standard InChI is InChI=1S/C14H22N2O5S/c1-6-21-13(17)15-11-9-10(7-8-12(11)20-5)22(18,19)16-14(2,3)4/h7-9,16H,6H2,1-5H3,(H,15,17). The van der Waals surface area contributed by atoms with Crippen molar-refractivity contribution < 1.29 is 22.7 Å². The van der Waals surface area contributed by atoms with Crippen LogP contribution in [0.15, 0.2) is 23.1 Å². The molecule has 0 heterocycles. The lowest BCUT2D eigenvalue weighted by Gasteiger charge is -2.21. The molecule has 2 N–H and O–H groups in total. The van der Waals surface area contributed by atoms with E-state index < -0.39 is 21.7 Å². The zero-order valence-corrected chi connectivity index (χ0v) is 14.2. The molecule has 0 aliphatic carbocycles. The molecule has 0 saturated carbocycles. The van der Waals surface area contributed by atoms with E-state index in [0.29, 0.717) is 5.75 Å². The number of hydrogen-bond donors (Lipinski definition) is 2. The Labute approximate surface area is 131 Å². The molecule has 1 amide bonds. The number of methoxy groups -OCH3 is 1. The number of benzene rings is 1. The molecule has 1 rings (SSSR count). The summed E-state index contributed by atoms with van der Waals surface area (Å²) in [5, 5.41) is 2.46. The van der Waals surface area contributed by atoms with Crippen LogP contribution in [0.2, 0.25) is 0 Å². The molecule has 0 bridgehead atoms. The first-order valence-electron chi connectivity index (χ1n) is 6.75. The summed E-state index contributed by atoms with van der Waals surface area (Å²) in [6, 6.07) is 4.20. The van der Waals surface area contributed by atoms with Crippen molar-refractivity contribution in [3.63, 3.8) is 0 Å². The van der Waals surface area contributed by atoms with Gasteiger partial charge in [0.2, 0.25) is 10.0 Å². The lowest BCUT2D eigenvalue weighted by Crippen LogP contribution is -2.40. The molecule has 0 saturated heterocycles. The van der Waals surface area contributed by atoms with Crippen molar-refractivity contribution in [2.75, 3.05) is 19.0 Å². The van der Waals surface area contributed by atoms with Crippen LogP contribution in [0.5, 0.6) is 5.75 Å². The number of sulfonamides is 1. The van der Waals surface area contributed by atoms with Crippen molar-refractivity contribution in [2.24, 2.45) is 0 Å². The number of amides is 1. The van der Waals surface area contributed by atoms with E-state index in [1.807, 2.05) is 0 Å². The highest BCUT2D eigenvalue weighted by Crippen LogP contribution is 2.28. The Morgan fingerprint density at radius 2 is 1.91 bits per heavy atom. The monoisotopic (exact) mass is 330 g/mol. The van der Waals surface area contributed by atoms with Crippen molar-refractivity contribution in [3.05, 3.63) is 18.2 Å². The largest absolute Gasteiger partial charge is 0.495 e. The Hall–Kier alpha value is -1.80. The predicted molar refractivity (Wildman–Crippen MR) is 83.7 cm³/mol. The zero-order valence-electron chi connectivity index (χ0n) is 13.4. The van der Waals surface area contributed by atoms with Gasteiger partial charge in [-0.05, 0) is 45.9 Å². The molecule has 0 unspecified atom stereocenters. The highest BCUT2D eigenvalue weighted by molar-refractivity contribution is 7.89. The number of hydrogen-bond acceptors (Lipinski definition) is 5. The molecular formula is C14H22N2O5S. The van der Waals surface area contributed by atoms with E-state index >= 15 is 0 Å². The van der Waals surface area contributed by atoms with Crippen LogP contribution in [0.4, 0.5) is 10.5 Å². The molecule has 0 spiro atoms.